The number of amidine groups is 1. The fourth-order valence-corrected chi connectivity index (χ4v) is 3.00. The number of ether oxygens (including phenoxy) is 1. The van der Waals surface area contributed by atoms with Crippen molar-refractivity contribution < 1.29 is 14.2 Å². The van der Waals surface area contributed by atoms with Gasteiger partial charge >= 0.3 is 0 Å². The van der Waals surface area contributed by atoms with Crippen molar-refractivity contribution in [2.24, 2.45) is 4.99 Å². The van der Waals surface area contributed by atoms with Crippen molar-refractivity contribution in [1.82, 2.24) is 9.97 Å². The maximum atomic E-state index is 13.2. The van der Waals surface area contributed by atoms with Crippen molar-refractivity contribution in [2.75, 3.05) is 19.0 Å². The topological polar surface area (TPSA) is 79.6 Å². The van der Waals surface area contributed by atoms with Crippen molar-refractivity contribution in [2.45, 2.75) is 13.0 Å². The van der Waals surface area contributed by atoms with Gasteiger partial charge in [-0.25, -0.2) is 14.4 Å². The van der Waals surface area contributed by atoms with E-state index in [2.05, 4.69) is 20.3 Å². The van der Waals surface area contributed by atoms with E-state index < -0.39 is 6.10 Å². The lowest BCUT2D eigenvalue weighted by Gasteiger charge is -2.14. The van der Waals surface area contributed by atoms with Crippen molar-refractivity contribution in [3.05, 3.63) is 71.3 Å². The molecule has 2 heterocycles. The maximum absolute atomic E-state index is 13.2. The number of rotatable bonds is 4. The molecule has 142 valence electrons. The van der Waals surface area contributed by atoms with Crippen LogP contribution in [-0.4, -0.2) is 34.6 Å². The first kappa shape index (κ1) is 18.1. The van der Waals surface area contributed by atoms with Crippen molar-refractivity contribution >= 4 is 22.6 Å². The van der Waals surface area contributed by atoms with Gasteiger partial charge in [0.2, 0.25) is 0 Å². The molecule has 4 rings (SSSR count). The van der Waals surface area contributed by atoms with Crippen LogP contribution in [0.25, 0.3) is 10.9 Å². The lowest BCUT2D eigenvalue weighted by Crippen LogP contribution is -2.13. The van der Waals surface area contributed by atoms with Gasteiger partial charge in [0.05, 0.1) is 19.2 Å². The van der Waals surface area contributed by atoms with Crippen molar-refractivity contribution in [1.29, 1.82) is 0 Å². The Kier molecular flexibility index (Phi) is 4.75. The molecule has 1 unspecified atom stereocenters. The van der Waals surface area contributed by atoms with Gasteiger partial charge in [-0.2, -0.15) is 0 Å². The molecule has 0 amide bonds. The lowest BCUT2D eigenvalue weighted by atomic mass is 10.1. The van der Waals surface area contributed by atoms with Crippen molar-refractivity contribution in [3.63, 3.8) is 0 Å². The number of aromatic nitrogens is 2. The number of methoxy groups -OCH3 is 1. The van der Waals surface area contributed by atoms with Crippen LogP contribution in [0.2, 0.25) is 0 Å². The third-order valence-corrected chi connectivity index (χ3v) is 4.48. The molecule has 0 aliphatic carbocycles. The SMILES string of the molecule is COc1ccc2c(NC3=NCC(C)=C3)nc(C(O)c3ccc(F)cc3)nc2c1. The zero-order chi connectivity index (χ0) is 19.7. The van der Waals surface area contributed by atoms with Gasteiger partial charge in [-0.15, -0.1) is 0 Å². The van der Waals surface area contributed by atoms with E-state index in [1.807, 2.05) is 25.1 Å². The summed E-state index contributed by atoms with van der Waals surface area (Å²) < 4.78 is 18.5. The molecule has 1 aromatic heterocycles. The van der Waals surface area contributed by atoms with Crippen LogP contribution in [0.3, 0.4) is 0 Å². The van der Waals surface area contributed by atoms with Crippen LogP contribution < -0.4 is 10.1 Å². The van der Waals surface area contributed by atoms with Crippen LogP contribution >= 0.6 is 0 Å². The summed E-state index contributed by atoms with van der Waals surface area (Å²) in [5, 5.41) is 14.7. The Morgan fingerprint density at radius 2 is 1.93 bits per heavy atom. The lowest BCUT2D eigenvalue weighted by molar-refractivity contribution is 0.210. The van der Waals surface area contributed by atoms with Gasteiger partial charge in [0.1, 0.15) is 29.3 Å². The molecule has 0 saturated carbocycles. The van der Waals surface area contributed by atoms with E-state index in [4.69, 9.17) is 4.74 Å². The van der Waals surface area contributed by atoms with E-state index in [0.29, 0.717) is 35.0 Å². The first-order valence-electron chi connectivity index (χ1n) is 8.81. The molecule has 28 heavy (non-hydrogen) atoms. The summed E-state index contributed by atoms with van der Waals surface area (Å²) in [4.78, 5) is 13.4. The van der Waals surface area contributed by atoms with Gasteiger partial charge in [-0.3, -0.25) is 4.99 Å². The smallest absolute Gasteiger partial charge is 0.164 e. The summed E-state index contributed by atoms with van der Waals surface area (Å²) in [6, 6.07) is 11.1. The van der Waals surface area contributed by atoms with E-state index >= 15 is 0 Å². The summed E-state index contributed by atoms with van der Waals surface area (Å²) in [7, 11) is 1.58. The van der Waals surface area contributed by atoms with Crippen LogP contribution in [0.1, 0.15) is 24.4 Å². The molecule has 0 fully saturated rings. The second kappa shape index (κ2) is 7.36. The van der Waals surface area contributed by atoms with Gasteiger partial charge < -0.3 is 15.2 Å². The summed E-state index contributed by atoms with van der Waals surface area (Å²) >= 11 is 0. The fraction of sp³-hybridized carbons (Fsp3) is 0.190. The summed E-state index contributed by atoms with van der Waals surface area (Å²) in [6.07, 6.45) is 0.854. The van der Waals surface area contributed by atoms with E-state index in [-0.39, 0.29) is 11.6 Å². The maximum Gasteiger partial charge on any atom is 0.164 e. The highest BCUT2D eigenvalue weighted by Gasteiger charge is 2.18. The van der Waals surface area contributed by atoms with Crippen LogP contribution in [0.5, 0.6) is 5.75 Å². The van der Waals surface area contributed by atoms with Crippen LogP contribution in [0, 0.1) is 5.82 Å². The molecular formula is C21H19FN4O2. The average molecular weight is 378 g/mol. The predicted octanol–water partition coefficient (Wildman–Crippen LogP) is 3.63. The summed E-state index contributed by atoms with van der Waals surface area (Å²) in [6.45, 7) is 2.65. The van der Waals surface area contributed by atoms with E-state index in [0.717, 1.165) is 11.0 Å². The number of aliphatic hydroxyl groups is 1. The molecule has 0 bridgehead atoms. The van der Waals surface area contributed by atoms with Crippen LogP contribution in [-0.2, 0) is 0 Å². The van der Waals surface area contributed by atoms with Gasteiger partial charge in [0.25, 0.3) is 0 Å². The van der Waals surface area contributed by atoms with Gasteiger partial charge in [-0.1, -0.05) is 12.1 Å². The molecular weight excluding hydrogens is 359 g/mol. The monoisotopic (exact) mass is 378 g/mol. The highest BCUT2D eigenvalue weighted by atomic mass is 19.1. The standard InChI is InChI=1S/C21H19FN4O2/c1-12-9-18(23-11-12)25-20-16-8-7-15(28-2)10-17(16)24-21(26-20)19(27)13-3-5-14(22)6-4-13/h3-10,19,27H,11H2,1-2H3,(H,23,24,25,26). The molecule has 0 spiro atoms. The largest absolute Gasteiger partial charge is 0.497 e. The Bertz CT molecular complexity index is 1090. The second-order valence-corrected chi connectivity index (χ2v) is 6.58. The van der Waals surface area contributed by atoms with Gasteiger partial charge in [-0.05, 0) is 48.4 Å². The Hall–Kier alpha value is -3.32. The molecule has 0 radical (unpaired) electrons. The first-order valence-corrected chi connectivity index (χ1v) is 8.81. The zero-order valence-corrected chi connectivity index (χ0v) is 15.5. The molecule has 2 aromatic carbocycles. The molecule has 7 heteroatoms. The highest BCUT2D eigenvalue weighted by molar-refractivity contribution is 6.08. The number of nitrogens with zero attached hydrogens (tertiary/aromatic N) is 3. The fourth-order valence-electron chi connectivity index (χ4n) is 3.00. The number of benzene rings is 2. The Morgan fingerprint density at radius 3 is 2.61 bits per heavy atom. The van der Waals surface area contributed by atoms with Gasteiger partial charge in [0, 0.05) is 11.5 Å². The Labute approximate surface area is 161 Å². The number of anilines is 1. The summed E-state index contributed by atoms with van der Waals surface area (Å²) in [5.74, 6) is 1.72. The molecule has 3 aromatic rings. The van der Waals surface area contributed by atoms with Crippen LogP contribution in [0.4, 0.5) is 10.2 Å². The zero-order valence-electron chi connectivity index (χ0n) is 15.5. The minimum atomic E-state index is -1.10. The predicted molar refractivity (Wildman–Crippen MR) is 106 cm³/mol. The Balaban J connectivity index is 1.80. The normalized spacial score (nSPS) is 14.6. The average Bonchev–Trinajstić information content (AvgIpc) is 3.12. The molecule has 1 aliphatic rings. The summed E-state index contributed by atoms with van der Waals surface area (Å²) in [5.41, 5.74) is 2.27. The van der Waals surface area contributed by atoms with E-state index in [1.165, 1.54) is 24.3 Å². The quantitative estimate of drug-likeness (QED) is 0.725. The minimum absolute atomic E-state index is 0.203. The number of hydrogen-bond donors (Lipinski definition) is 2. The third kappa shape index (κ3) is 3.57. The molecule has 1 atom stereocenters. The number of halogens is 1. The number of nitrogens with one attached hydrogen (secondary N) is 1. The number of fused-ring (bicyclic) bond motifs is 1. The number of aliphatic imine (C=N–C) groups is 1. The Morgan fingerprint density at radius 1 is 1.14 bits per heavy atom. The minimum Gasteiger partial charge on any atom is -0.497 e. The highest BCUT2D eigenvalue weighted by Crippen LogP contribution is 2.28. The second-order valence-electron chi connectivity index (χ2n) is 6.58. The van der Waals surface area contributed by atoms with E-state index in [1.54, 1.807) is 13.2 Å². The first-order chi connectivity index (χ1) is 13.5. The number of aliphatic hydroxyl groups excluding tert-OH is 1. The van der Waals surface area contributed by atoms with Crippen molar-refractivity contribution in [3.8, 4) is 5.75 Å². The molecule has 6 nitrogen and oxygen atoms in total. The third-order valence-electron chi connectivity index (χ3n) is 4.48. The van der Waals surface area contributed by atoms with Crippen LogP contribution in [0.15, 0.2) is 59.1 Å². The molecule has 2 N–H and O–H groups in total. The number of hydrogen-bond acceptors (Lipinski definition) is 6. The molecule has 1 aliphatic heterocycles. The van der Waals surface area contributed by atoms with E-state index in [9.17, 15) is 9.50 Å². The molecule has 0 saturated heterocycles. The van der Waals surface area contributed by atoms with Gasteiger partial charge in [0.15, 0.2) is 5.82 Å².